The van der Waals surface area contributed by atoms with E-state index in [1.807, 2.05) is 12.1 Å². The van der Waals surface area contributed by atoms with Gasteiger partial charge >= 0.3 is 0 Å². The first-order valence-electron chi connectivity index (χ1n) is 25.9. The molecule has 3 aromatic heterocycles. The van der Waals surface area contributed by atoms with Crippen LogP contribution in [0.4, 0.5) is 34.1 Å². The summed E-state index contributed by atoms with van der Waals surface area (Å²) in [6, 6.07) is 90.7. The molecule has 0 bridgehead atoms. The van der Waals surface area contributed by atoms with Gasteiger partial charge in [0.1, 0.15) is 27.9 Å². The predicted octanol–water partition coefficient (Wildman–Crippen LogP) is 20.4. The van der Waals surface area contributed by atoms with Crippen molar-refractivity contribution < 1.29 is 13.3 Å². The molecule has 3 heterocycles. The topological polar surface area (TPSA) is 45.9 Å². The second-order valence-corrected chi connectivity index (χ2v) is 19.9. The highest BCUT2D eigenvalue weighted by Crippen LogP contribution is 2.51. The van der Waals surface area contributed by atoms with Gasteiger partial charge in [0.05, 0.1) is 17.1 Å². The quantitative estimate of drug-likeness (QED) is 0.152. The van der Waals surface area contributed by atoms with E-state index in [0.29, 0.717) is 0 Å². The Morgan fingerprint density at radius 1 is 0.276 bits per heavy atom. The zero-order valence-corrected chi connectivity index (χ0v) is 41.1. The second-order valence-electron chi connectivity index (χ2n) is 19.9. The van der Waals surface area contributed by atoms with Crippen LogP contribution in [0.5, 0.6) is 0 Å². The van der Waals surface area contributed by atoms with Gasteiger partial charge in [-0.25, -0.2) is 0 Å². The van der Waals surface area contributed by atoms with Crippen LogP contribution < -0.4 is 9.80 Å². The molecule has 0 saturated heterocycles. The summed E-state index contributed by atoms with van der Waals surface area (Å²) in [7, 11) is 0. The van der Waals surface area contributed by atoms with Crippen LogP contribution in [0.1, 0.15) is 11.1 Å². The number of benzene rings is 12. The van der Waals surface area contributed by atoms with Gasteiger partial charge in [-0.1, -0.05) is 164 Å². The van der Waals surface area contributed by atoms with Crippen molar-refractivity contribution in [1.29, 1.82) is 0 Å². The third-order valence-electron chi connectivity index (χ3n) is 15.6. The van der Waals surface area contributed by atoms with Crippen molar-refractivity contribution in [2.75, 3.05) is 9.80 Å². The summed E-state index contributed by atoms with van der Waals surface area (Å²) in [5.74, 6) is 0. The minimum Gasteiger partial charge on any atom is -0.455 e. The number of para-hydroxylation sites is 4. The van der Waals surface area contributed by atoms with Crippen molar-refractivity contribution in [3.05, 3.63) is 266 Å². The first-order valence-corrected chi connectivity index (χ1v) is 25.9. The van der Waals surface area contributed by atoms with Crippen LogP contribution in [-0.4, -0.2) is 0 Å². The maximum absolute atomic E-state index is 7.29. The van der Waals surface area contributed by atoms with Crippen LogP contribution in [0, 0.1) is 0 Å². The van der Waals surface area contributed by atoms with Gasteiger partial charge in [0.25, 0.3) is 0 Å². The van der Waals surface area contributed by atoms with Crippen molar-refractivity contribution >= 4 is 111 Å². The lowest BCUT2D eigenvalue weighted by Gasteiger charge is -2.27. The van der Waals surface area contributed by atoms with E-state index >= 15 is 0 Å². The molecular formula is C71H44N2O3. The number of rotatable bonds is 8. The molecular weight excluding hydrogens is 929 g/mol. The lowest BCUT2D eigenvalue weighted by molar-refractivity contribution is 0.668. The minimum atomic E-state index is 0.788. The molecule has 1 aliphatic carbocycles. The zero-order chi connectivity index (χ0) is 49.8. The van der Waals surface area contributed by atoms with E-state index in [1.54, 1.807) is 0 Å². The lowest BCUT2D eigenvalue weighted by atomic mass is 9.89. The van der Waals surface area contributed by atoms with Crippen LogP contribution in [0.2, 0.25) is 0 Å². The highest BCUT2D eigenvalue weighted by Gasteiger charge is 2.28. The minimum absolute atomic E-state index is 0.788. The highest BCUT2D eigenvalue weighted by atomic mass is 16.3. The lowest BCUT2D eigenvalue weighted by Crippen LogP contribution is -2.12. The SMILES string of the molecule is c1ccc(-c2c3cc4c(oc5cc(N(c6ccccc6)c6cccc7c6oc6ccccc67)ccc54)c(-c4ccccc4)c3cc3c2oc2cc(N(c4ccccc4)c4cccc5c4Cc4ccccc4-5)ccc23)cc1. The third-order valence-corrected chi connectivity index (χ3v) is 15.6. The highest BCUT2D eigenvalue weighted by molar-refractivity contribution is 6.27. The Bertz CT molecular complexity index is 4780. The molecule has 0 saturated carbocycles. The summed E-state index contributed by atoms with van der Waals surface area (Å²) in [6.07, 6.45) is 0.875. The number of fused-ring (bicyclic) bond motifs is 13. The monoisotopic (exact) mass is 972 g/mol. The van der Waals surface area contributed by atoms with Crippen molar-refractivity contribution in [2.45, 2.75) is 6.42 Å². The van der Waals surface area contributed by atoms with E-state index in [9.17, 15) is 0 Å². The Labute approximate surface area is 437 Å². The van der Waals surface area contributed by atoms with Gasteiger partial charge in [-0.2, -0.15) is 0 Å². The van der Waals surface area contributed by atoms with E-state index in [4.69, 9.17) is 13.3 Å². The third kappa shape index (κ3) is 6.46. The van der Waals surface area contributed by atoms with E-state index in [1.165, 1.54) is 22.3 Å². The van der Waals surface area contributed by atoms with E-state index < -0.39 is 0 Å². The zero-order valence-electron chi connectivity index (χ0n) is 41.1. The number of hydrogen-bond acceptors (Lipinski definition) is 5. The molecule has 0 aliphatic heterocycles. The molecule has 12 aromatic carbocycles. The number of nitrogens with zero attached hydrogens (tertiary/aromatic N) is 2. The molecule has 0 N–H and O–H groups in total. The van der Waals surface area contributed by atoms with Crippen LogP contribution in [-0.2, 0) is 6.42 Å². The molecule has 16 rings (SSSR count). The van der Waals surface area contributed by atoms with Gasteiger partial charge in [0, 0.05) is 79.1 Å². The number of furan rings is 3. The standard InChI is InChI=1S/C71H44N2O3/c1-5-19-44(20-6-1)67-59-43-61-55-38-36-50(73(48-26-11-4-12-27-48)63-33-18-31-56-53-29-15-16-34-64(53)74-69(56)63)41-66(55)76-71(61)68(45-21-7-2-8-22-45)58(59)42-60-54-37-35-49(40-65(54)75-70(60)67)72(47-24-9-3-10-25-47)62-32-17-30-52-51-28-14-13-23-46(51)39-57(52)62/h1-38,40-43H,39H2. The van der Waals surface area contributed by atoms with Crippen LogP contribution >= 0.6 is 0 Å². The summed E-state index contributed by atoms with van der Waals surface area (Å²) in [5.41, 5.74) is 20.7. The summed E-state index contributed by atoms with van der Waals surface area (Å²) in [5, 5.41) is 8.48. The summed E-state index contributed by atoms with van der Waals surface area (Å²) in [6.45, 7) is 0. The van der Waals surface area contributed by atoms with Gasteiger partial charge < -0.3 is 23.1 Å². The van der Waals surface area contributed by atoms with E-state index in [2.05, 4.69) is 252 Å². The molecule has 356 valence electrons. The predicted molar refractivity (Wildman–Crippen MR) is 314 cm³/mol. The number of anilines is 6. The Morgan fingerprint density at radius 3 is 1.36 bits per heavy atom. The fraction of sp³-hybridized carbons (Fsp3) is 0.0141. The van der Waals surface area contributed by atoms with Crippen molar-refractivity contribution in [1.82, 2.24) is 0 Å². The Balaban J connectivity index is 0.924. The maximum atomic E-state index is 7.29. The van der Waals surface area contributed by atoms with Gasteiger partial charge in [0.2, 0.25) is 0 Å². The molecule has 15 aromatic rings. The van der Waals surface area contributed by atoms with Gasteiger partial charge in [0.15, 0.2) is 5.58 Å². The van der Waals surface area contributed by atoms with E-state index in [0.717, 1.165) is 139 Å². The summed E-state index contributed by atoms with van der Waals surface area (Å²) >= 11 is 0. The normalized spacial score (nSPS) is 12.2. The fourth-order valence-corrected chi connectivity index (χ4v) is 12.3. The molecule has 0 atom stereocenters. The number of hydrogen-bond donors (Lipinski definition) is 0. The molecule has 0 spiro atoms. The maximum Gasteiger partial charge on any atom is 0.159 e. The van der Waals surface area contributed by atoms with Crippen LogP contribution in [0.3, 0.4) is 0 Å². The largest absolute Gasteiger partial charge is 0.455 e. The van der Waals surface area contributed by atoms with Crippen molar-refractivity contribution in [3.8, 4) is 33.4 Å². The summed E-state index contributed by atoms with van der Waals surface area (Å²) < 4.78 is 21.2. The van der Waals surface area contributed by atoms with Crippen LogP contribution in [0.25, 0.3) is 110 Å². The Morgan fingerprint density at radius 2 is 0.737 bits per heavy atom. The average Bonchev–Trinajstić information content (AvgIpc) is 4.33. The molecule has 5 heteroatoms. The van der Waals surface area contributed by atoms with E-state index in [-0.39, 0.29) is 0 Å². The first kappa shape index (κ1) is 42.4. The molecule has 0 unspecified atom stereocenters. The molecule has 0 amide bonds. The fourth-order valence-electron chi connectivity index (χ4n) is 12.3. The second kappa shape index (κ2) is 16.7. The first-order chi connectivity index (χ1) is 37.7. The molecule has 1 aliphatic rings. The average molecular weight is 973 g/mol. The van der Waals surface area contributed by atoms with Gasteiger partial charge in [-0.3, -0.25) is 0 Å². The Kier molecular flexibility index (Phi) is 9.33. The smallest absolute Gasteiger partial charge is 0.159 e. The van der Waals surface area contributed by atoms with Crippen molar-refractivity contribution in [3.63, 3.8) is 0 Å². The summed E-state index contributed by atoms with van der Waals surface area (Å²) in [4.78, 5) is 4.66. The van der Waals surface area contributed by atoms with Gasteiger partial charge in [-0.05, 0) is 123 Å². The van der Waals surface area contributed by atoms with Crippen LogP contribution in [0.15, 0.2) is 268 Å². The molecule has 0 fully saturated rings. The molecule has 76 heavy (non-hydrogen) atoms. The van der Waals surface area contributed by atoms with Crippen molar-refractivity contribution in [2.24, 2.45) is 0 Å². The molecule has 5 nitrogen and oxygen atoms in total. The molecule has 0 radical (unpaired) electrons. The van der Waals surface area contributed by atoms with Gasteiger partial charge in [-0.15, -0.1) is 0 Å². The Hall–Kier alpha value is -10.1.